The van der Waals surface area contributed by atoms with Crippen LogP contribution in [0.3, 0.4) is 0 Å². The Morgan fingerprint density at radius 1 is 1.55 bits per heavy atom. The van der Waals surface area contributed by atoms with Gasteiger partial charge in [-0.3, -0.25) is 0 Å². The SMILES string of the molecule is COC[C@H](C)N(C)C(=O)N[C@H]1CCSc2ccccc21. The molecule has 0 fully saturated rings. The average Bonchev–Trinajstić information content (AvgIpc) is 2.47. The number of likely N-dealkylation sites (N-methyl/N-ethyl adjacent to an activating group) is 1. The number of hydrogen-bond donors (Lipinski definition) is 1. The van der Waals surface area contributed by atoms with E-state index in [4.69, 9.17) is 4.74 Å². The van der Waals surface area contributed by atoms with Gasteiger partial charge in [0.2, 0.25) is 0 Å². The van der Waals surface area contributed by atoms with Crippen LogP contribution in [0.4, 0.5) is 4.79 Å². The summed E-state index contributed by atoms with van der Waals surface area (Å²) >= 11 is 1.86. The van der Waals surface area contributed by atoms with E-state index in [1.807, 2.05) is 37.9 Å². The van der Waals surface area contributed by atoms with E-state index in [1.165, 1.54) is 10.5 Å². The van der Waals surface area contributed by atoms with Gasteiger partial charge in [0.15, 0.2) is 0 Å². The van der Waals surface area contributed by atoms with Gasteiger partial charge in [0, 0.05) is 24.8 Å². The quantitative estimate of drug-likeness (QED) is 0.928. The van der Waals surface area contributed by atoms with E-state index < -0.39 is 0 Å². The predicted molar refractivity (Wildman–Crippen MR) is 82.2 cm³/mol. The number of amides is 2. The van der Waals surface area contributed by atoms with Crippen molar-refractivity contribution in [2.24, 2.45) is 0 Å². The van der Waals surface area contributed by atoms with Crippen molar-refractivity contribution >= 4 is 17.8 Å². The fourth-order valence-electron chi connectivity index (χ4n) is 2.30. The fraction of sp³-hybridized carbons (Fsp3) is 0.533. The average molecular weight is 294 g/mol. The highest BCUT2D eigenvalue weighted by Gasteiger charge is 2.24. The number of hydrogen-bond acceptors (Lipinski definition) is 3. The van der Waals surface area contributed by atoms with E-state index in [0.29, 0.717) is 6.61 Å². The topological polar surface area (TPSA) is 41.6 Å². The molecule has 0 saturated heterocycles. The first-order valence-electron chi connectivity index (χ1n) is 6.87. The summed E-state index contributed by atoms with van der Waals surface area (Å²) in [6.45, 7) is 2.52. The third-order valence-corrected chi connectivity index (χ3v) is 4.77. The molecule has 0 unspecified atom stereocenters. The highest BCUT2D eigenvalue weighted by Crippen LogP contribution is 2.35. The molecule has 1 aromatic carbocycles. The molecule has 0 aliphatic carbocycles. The van der Waals surface area contributed by atoms with Crippen LogP contribution in [0, 0.1) is 0 Å². The van der Waals surface area contributed by atoms with Gasteiger partial charge in [0.05, 0.1) is 18.7 Å². The molecular formula is C15H22N2O2S. The lowest BCUT2D eigenvalue weighted by atomic mass is 10.0. The molecule has 4 nitrogen and oxygen atoms in total. The first-order chi connectivity index (χ1) is 9.63. The van der Waals surface area contributed by atoms with E-state index in [2.05, 4.69) is 17.4 Å². The van der Waals surface area contributed by atoms with Crippen LogP contribution in [-0.4, -0.2) is 43.5 Å². The second-order valence-corrected chi connectivity index (χ2v) is 6.23. The number of urea groups is 1. The Morgan fingerprint density at radius 3 is 3.05 bits per heavy atom. The largest absolute Gasteiger partial charge is 0.383 e. The minimum absolute atomic E-state index is 0.0405. The Labute approximate surface area is 124 Å². The van der Waals surface area contributed by atoms with Gasteiger partial charge >= 0.3 is 6.03 Å². The third-order valence-electron chi connectivity index (χ3n) is 3.65. The molecule has 1 heterocycles. The molecule has 0 bridgehead atoms. The Bertz CT molecular complexity index is 467. The molecule has 5 heteroatoms. The van der Waals surface area contributed by atoms with Crippen LogP contribution < -0.4 is 5.32 Å². The molecule has 0 spiro atoms. The number of ether oxygens (including phenoxy) is 1. The van der Waals surface area contributed by atoms with Crippen LogP contribution in [0.15, 0.2) is 29.2 Å². The molecule has 0 radical (unpaired) electrons. The van der Waals surface area contributed by atoms with Gasteiger partial charge in [0.25, 0.3) is 0 Å². The summed E-state index contributed by atoms with van der Waals surface area (Å²) in [5.74, 6) is 1.04. The number of nitrogens with zero attached hydrogens (tertiary/aromatic N) is 1. The second-order valence-electron chi connectivity index (χ2n) is 5.09. The molecule has 0 saturated carbocycles. The van der Waals surface area contributed by atoms with E-state index in [1.54, 1.807) is 12.0 Å². The van der Waals surface area contributed by atoms with Gasteiger partial charge in [-0.15, -0.1) is 11.8 Å². The highest BCUT2D eigenvalue weighted by molar-refractivity contribution is 7.99. The second kappa shape index (κ2) is 6.99. The highest BCUT2D eigenvalue weighted by atomic mass is 32.2. The van der Waals surface area contributed by atoms with E-state index in [0.717, 1.165) is 12.2 Å². The van der Waals surface area contributed by atoms with Crippen LogP contribution in [0.25, 0.3) is 0 Å². The normalized spacial score (nSPS) is 19.1. The molecular weight excluding hydrogens is 272 g/mol. The lowest BCUT2D eigenvalue weighted by Crippen LogP contribution is -2.45. The van der Waals surface area contributed by atoms with E-state index in [-0.39, 0.29) is 18.1 Å². The van der Waals surface area contributed by atoms with Crippen molar-refractivity contribution in [1.82, 2.24) is 10.2 Å². The standard InChI is InChI=1S/C15H22N2O2S/c1-11(10-19-3)17(2)15(18)16-13-8-9-20-14-7-5-4-6-12(13)14/h4-7,11,13H,8-10H2,1-3H3,(H,16,18)/t11-,13-/m0/s1. The van der Waals surface area contributed by atoms with Crippen molar-refractivity contribution in [3.05, 3.63) is 29.8 Å². The molecule has 1 N–H and O–H groups in total. The van der Waals surface area contributed by atoms with Crippen molar-refractivity contribution in [1.29, 1.82) is 0 Å². The Hall–Kier alpha value is -1.20. The predicted octanol–water partition coefficient (Wildman–Crippen LogP) is 2.90. The first-order valence-corrected chi connectivity index (χ1v) is 7.86. The summed E-state index contributed by atoms with van der Waals surface area (Å²) in [7, 11) is 3.46. The number of thioether (sulfide) groups is 1. The zero-order valence-corrected chi connectivity index (χ0v) is 13.1. The van der Waals surface area contributed by atoms with Crippen molar-refractivity contribution in [3.63, 3.8) is 0 Å². The smallest absolute Gasteiger partial charge is 0.317 e. The van der Waals surface area contributed by atoms with Crippen LogP contribution >= 0.6 is 11.8 Å². The number of carbonyl (C=O) groups is 1. The Morgan fingerprint density at radius 2 is 2.30 bits per heavy atom. The summed E-state index contributed by atoms with van der Waals surface area (Å²) in [6.07, 6.45) is 0.972. The maximum atomic E-state index is 12.3. The fourth-order valence-corrected chi connectivity index (χ4v) is 3.42. The van der Waals surface area contributed by atoms with E-state index >= 15 is 0 Å². The van der Waals surface area contributed by atoms with Crippen LogP contribution in [-0.2, 0) is 4.74 Å². The number of rotatable bonds is 4. The number of carbonyl (C=O) groups excluding carboxylic acids is 1. The van der Waals surface area contributed by atoms with Crippen molar-refractivity contribution in [2.75, 3.05) is 26.5 Å². The minimum atomic E-state index is -0.0405. The summed E-state index contributed by atoms with van der Waals surface area (Å²) < 4.78 is 5.10. The lowest BCUT2D eigenvalue weighted by molar-refractivity contribution is 0.122. The maximum absolute atomic E-state index is 12.3. The van der Waals surface area contributed by atoms with Gasteiger partial charge in [-0.2, -0.15) is 0 Å². The van der Waals surface area contributed by atoms with Gasteiger partial charge in [0.1, 0.15) is 0 Å². The van der Waals surface area contributed by atoms with Gasteiger partial charge < -0.3 is 15.0 Å². The maximum Gasteiger partial charge on any atom is 0.317 e. The molecule has 1 aromatic rings. The van der Waals surface area contributed by atoms with Gasteiger partial charge in [-0.1, -0.05) is 18.2 Å². The Balaban J connectivity index is 2.02. The summed E-state index contributed by atoms with van der Waals surface area (Å²) in [6, 6.07) is 8.43. The van der Waals surface area contributed by atoms with Gasteiger partial charge in [-0.25, -0.2) is 4.79 Å². The summed E-state index contributed by atoms with van der Waals surface area (Å²) in [5, 5.41) is 3.13. The zero-order valence-electron chi connectivity index (χ0n) is 12.3. The lowest BCUT2D eigenvalue weighted by Gasteiger charge is -2.30. The molecule has 2 amide bonds. The molecule has 2 atom stereocenters. The zero-order chi connectivity index (χ0) is 14.5. The van der Waals surface area contributed by atoms with E-state index in [9.17, 15) is 4.79 Å². The molecule has 20 heavy (non-hydrogen) atoms. The summed E-state index contributed by atoms with van der Waals surface area (Å²) in [5.41, 5.74) is 1.23. The molecule has 2 rings (SSSR count). The Kier molecular flexibility index (Phi) is 5.31. The van der Waals surface area contributed by atoms with Crippen LogP contribution in [0.1, 0.15) is 24.9 Å². The van der Waals surface area contributed by atoms with Crippen molar-refractivity contribution in [3.8, 4) is 0 Å². The number of fused-ring (bicyclic) bond motifs is 1. The molecule has 110 valence electrons. The van der Waals surface area contributed by atoms with Crippen LogP contribution in [0.5, 0.6) is 0 Å². The molecule has 1 aliphatic rings. The molecule has 0 aromatic heterocycles. The number of methoxy groups -OCH3 is 1. The summed E-state index contributed by atoms with van der Waals surface area (Å²) in [4.78, 5) is 15.3. The minimum Gasteiger partial charge on any atom is -0.383 e. The molecule has 1 aliphatic heterocycles. The van der Waals surface area contributed by atoms with Crippen molar-refractivity contribution < 1.29 is 9.53 Å². The number of nitrogens with one attached hydrogen (secondary N) is 1. The monoisotopic (exact) mass is 294 g/mol. The van der Waals surface area contributed by atoms with Crippen molar-refractivity contribution in [2.45, 2.75) is 30.3 Å². The first kappa shape index (κ1) is 15.2. The van der Waals surface area contributed by atoms with Gasteiger partial charge in [-0.05, 0) is 25.0 Å². The number of benzene rings is 1. The third kappa shape index (κ3) is 3.46. The van der Waals surface area contributed by atoms with Crippen LogP contribution in [0.2, 0.25) is 0 Å².